The van der Waals surface area contributed by atoms with Crippen LogP contribution in [-0.2, 0) is 16.0 Å². The van der Waals surface area contributed by atoms with Crippen molar-refractivity contribution in [3.63, 3.8) is 0 Å². The van der Waals surface area contributed by atoms with Crippen LogP contribution in [0, 0.1) is 17.5 Å². The molecule has 0 saturated heterocycles. The number of nitrogens with one attached hydrogen (secondary N) is 1. The van der Waals surface area contributed by atoms with E-state index >= 15 is 0 Å². The van der Waals surface area contributed by atoms with E-state index in [9.17, 15) is 22.8 Å². The average molecular weight is 275 g/mol. The first-order valence-corrected chi connectivity index (χ1v) is 5.42. The number of carbonyl (C=O) groups excluding carboxylic acids is 1. The van der Waals surface area contributed by atoms with E-state index in [1.54, 1.807) is 0 Å². The minimum atomic E-state index is -1.32. The number of hydrogen-bond donors (Lipinski definition) is 2. The number of carboxylic acid groups (broad SMARTS) is 1. The molecule has 4 nitrogen and oxygen atoms in total. The van der Waals surface area contributed by atoms with Gasteiger partial charge in [0.2, 0.25) is 5.91 Å². The van der Waals surface area contributed by atoms with Gasteiger partial charge in [0.05, 0.1) is 6.42 Å². The molecule has 0 radical (unpaired) electrons. The van der Waals surface area contributed by atoms with Crippen LogP contribution in [0.5, 0.6) is 0 Å². The normalized spacial score (nSPS) is 12.0. The molecule has 1 amide bonds. The van der Waals surface area contributed by atoms with Crippen molar-refractivity contribution >= 4 is 11.9 Å². The van der Waals surface area contributed by atoms with Crippen LogP contribution in [0.3, 0.4) is 0 Å². The minimum absolute atomic E-state index is 0.195. The molecule has 104 valence electrons. The van der Waals surface area contributed by atoms with Crippen LogP contribution in [0.15, 0.2) is 12.1 Å². The van der Waals surface area contributed by atoms with E-state index in [-0.39, 0.29) is 12.0 Å². The molecule has 0 aliphatic heterocycles. The Kier molecular flexibility index (Phi) is 4.91. The van der Waals surface area contributed by atoms with Gasteiger partial charge in [-0.2, -0.15) is 0 Å². The lowest BCUT2D eigenvalue weighted by Gasteiger charge is -2.16. The Balaban J connectivity index is 2.92. The van der Waals surface area contributed by atoms with Crippen LogP contribution >= 0.6 is 0 Å². The fraction of sp³-hybridized carbons (Fsp3) is 0.333. The number of amides is 1. The highest BCUT2D eigenvalue weighted by Gasteiger charge is 2.18. The summed E-state index contributed by atoms with van der Waals surface area (Å²) in [5.41, 5.74) is -0.195. The Morgan fingerprint density at radius 1 is 1.21 bits per heavy atom. The molecule has 2 N–H and O–H groups in total. The molecule has 0 heterocycles. The van der Waals surface area contributed by atoms with Crippen molar-refractivity contribution in [3.8, 4) is 0 Å². The van der Waals surface area contributed by atoms with E-state index in [0.717, 1.165) is 0 Å². The molecule has 1 aromatic rings. The summed E-state index contributed by atoms with van der Waals surface area (Å²) in [7, 11) is 0. The predicted octanol–water partition coefficient (Wildman–Crippen LogP) is 1.63. The maximum absolute atomic E-state index is 13.4. The Bertz CT molecular complexity index is 489. The Morgan fingerprint density at radius 2 is 1.79 bits per heavy atom. The molecule has 0 fully saturated rings. The fourth-order valence-electron chi connectivity index (χ4n) is 1.66. The highest BCUT2D eigenvalue weighted by atomic mass is 19.2. The zero-order valence-corrected chi connectivity index (χ0v) is 10.0. The highest BCUT2D eigenvalue weighted by molar-refractivity contribution is 5.75. The Labute approximate surface area is 107 Å². The molecule has 1 aromatic carbocycles. The van der Waals surface area contributed by atoms with Gasteiger partial charge in [-0.25, -0.2) is 13.2 Å². The summed E-state index contributed by atoms with van der Waals surface area (Å²) in [5, 5.41) is 11.0. The molecular formula is C12H12F3NO3. The van der Waals surface area contributed by atoms with E-state index in [1.165, 1.54) is 6.92 Å². The Morgan fingerprint density at radius 3 is 2.32 bits per heavy atom. The van der Waals surface area contributed by atoms with E-state index in [2.05, 4.69) is 5.32 Å². The summed E-state index contributed by atoms with van der Waals surface area (Å²) in [6, 6.07) is 0.145. The predicted molar refractivity (Wildman–Crippen MR) is 59.9 cm³/mol. The summed E-state index contributed by atoms with van der Waals surface area (Å²) in [6.45, 7) is 1.18. The number of halogens is 3. The third-order valence-electron chi connectivity index (χ3n) is 2.38. The maximum Gasteiger partial charge on any atom is 0.305 e. The first-order chi connectivity index (χ1) is 8.79. The first-order valence-electron chi connectivity index (χ1n) is 5.42. The smallest absolute Gasteiger partial charge is 0.305 e. The molecule has 1 rings (SSSR count). The number of carbonyl (C=O) groups is 2. The van der Waals surface area contributed by atoms with Gasteiger partial charge < -0.3 is 10.4 Å². The molecule has 0 bridgehead atoms. The van der Waals surface area contributed by atoms with Gasteiger partial charge in [-0.15, -0.1) is 0 Å². The number of aliphatic carboxylic acids is 1. The van der Waals surface area contributed by atoms with Crippen LogP contribution in [0.1, 0.15) is 18.9 Å². The molecule has 0 saturated carbocycles. The SMILES string of the molecule is CC(=O)N[C@@H](CC(=O)O)Cc1cc(F)c(F)cc1F. The summed E-state index contributed by atoms with van der Waals surface area (Å²) in [6.07, 6.45) is -0.688. The highest BCUT2D eigenvalue weighted by Crippen LogP contribution is 2.16. The van der Waals surface area contributed by atoms with Gasteiger partial charge in [0.15, 0.2) is 11.6 Å². The number of carboxylic acids is 1. The van der Waals surface area contributed by atoms with Crippen LogP contribution in [0.2, 0.25) is 0 Å². The van der Waals surface area contributed by atoms with Crippen molar-refractivity contribution in [3.05, 3.63) is 35.1 Å². The van der Waals surface area contributed by atoms with E-state index in [1.807, 2.05) is 0 Å². The van der Waals surface area contributed by atoms with Gasteiger partial charge in [0.25, 0.3) is 0 Å². The second-order valence-electron chi connectivity index (χ2n) is 4.06. The Hall–Kier alpha value is -2.05. The van der Waals surface area contributed by atoms with E-state index < -0.39 is 41.8 Å². The quantitative estimate of drug-likeness (QED) is 0.803. The summed E-state index contributed by atoms with van der Waals surface area (Å²) in [4.78, 5) is 21.5. The topological polar surface area (TPSA) is 66.4 Å². The molecule has 0 aromatic heterocycles. The van der Waals surface area contributed by atoms with Gasteiger partial charge in [0.1, 0.15) is 5.82 Å². The molecule has 0 aliphatic carbocycles. The number of rotatable bonds is 5. The van der Waals surface area contributed by atoms with Gasteiger partial charge in [-0.05, 0) is 18.1 Å². The molecule has 0 unspecified atom stereocenters. The van der Waals surface area contributed by atoms with Crippen molar-refractivity contribution < 1.29 is 27.9 Å². The summed E-state index contributed by atoms with van der Waals surface area (Å²) in [5.74, 6) is -5.22. The second-order valence-corrected chi connectivity index (χ2v) is 4.06. The minimum Gasteiger partial charge on any atom is -0.481 e. The van der Waals surface area contributed by atoms with E-state index in [4.69, 9.17) is 5.11 Å². The van der Waals surface area contributed by atoms with Crippen LogP contribution in [-0.4, -0.2) is 23.0 Å². The summed E-state index contributed by atoms with van der Waals surface area (Å²) < 4.78 is 39.1. The van der Waals surface area contributed by atoms with Crippen molar-refractivity contribution in [1.29, 1.82) is 0 Å². The zero-order valence-electron chi connectivity index (χ0n) is 10.0. The van der Waals surface area contributed by atoms with Crippen molar-refractivity contribution in [2.24, 2.45) is 0 Å². The lowest BCUT2D eigenvalue weighted by Crippen LogP contribution is -2.36. The monoisotopic (exact) mass is 275 g/mol. The molecule has 19 heavy (non-hydrogen) atoms. The molecule has 7 heteroatoms. The van der Waals surface area contributed by atoms with Gasteiger partial charge >= 0.3 is 5.97 Å². The lowest BCUT2D eigenvalue weighted by molar-refractivity contribution is -0.137. The molecule has 0 spiro atoms. The third-order valence-corrected chi connectivity index (χ3v) is 2.38. The van der Waals surface area contributed by atoms with Gasteiger partial charge in [0, 0.05) is 19.0 Å². The fourth-order valence-corrected chi connectivity index (χ4v) is 1.66. The average Bonchev–Trinajstić information content (AvgIpc) is 2.23. The number of hydrogen-bond acceptors (Lipinski definition) is 2. The van der Waals surface area contributed by atoms with Gasteiger partial charge in [-0.1, -0.05) is 0 Å². The van der Waals surface area contributed by atoms with Gasteiger partial charge in [-0.3, -0.25) is 9.59 Å². The van der Waals surface area contributed by atoms with Crippen molar-refractivity contribution in [1.82, 2.24) is 5.32 Å². The molecule has 0 aliphatic rings. The summed E-state index contributed by atoms with van der Waals surface area (Å²) >= 11 is 0. The number of benzene rings is 1. The van der Waals surface area contributed by atoms with Crippen LogP contribution in [0.4, 0.5) is 13.2 Å². The van der Waals surface area contributed by atoms with Crippen LogP contribution < -0.4 is 5.32 Å². The molecular weight excluding hydrogens is 263 g/mol. The van der Waals surface area contributed by atoms with E-state index in [0.29, 0.717) is 12.1 Å². The standard InChI is InChI=1S/C12H12F3NO3/c1-6(17)16-8(4-12(18)19)2-7-3-10(14)11(15)5-9(7)13/h3,5,8H,2,4H2,1H3,(H,16,17)(H,18,19)/t8-/m1/s1. The molecule has 1 atom stereocenters. The zero-order chi connectivity index (χ0) is 14.6. The lowest BCUT2D eigenvalue weighted by atomic mass is 10.0. The van der Waals surface area contributed by atoms with Crippen molar-refractivity contribution in [2.45, 2.75) is 25.8 Å². The van der Waals surface area contributed by atoms with Crippen molar-refractivity contribution in [2.75, 3.05) is 0 Å². The first kappa shape index (κ1) is 15.0. The largest absolute Gasteiger partial charge is 0.481 e. The van der Waals surface area contributed by atoms with Crippen LogP contribution in [0.25, 0.3) is 0 Å². The third kappa shape index (κ3) is 4.61. The second kappa shape index (κ2) is 6.21. The maximum atomic E-state index is 13.4.